The number of aliphatic imine (C=N–C) groups is 1. The molecule has 0 saturated heterocycles. The van der Waals surface area contributed by atoms with Gasteiger partial charge >= 0.3 is 0 Å². The molecule has 0 radical (unpaired) electrons. The first-order valence-electron chi connectivity index (χ1n) is 6.02. The Balaban J connectivity index is 3.83. The van der Waals surface area contributed by atoms with Crippen molar-refractivity contribution in [1.29, 1.82) is 0 Å². The van der Waals surface area contributed by atoms with Gasteiger partial charge in [0.05, 0.1) is 6.04 Å². The maximum absolute atomic E-state index is 5.41. The highest BCUT2D eigenvalue weighted by atomic mass is 15.0. The van der Waals surface area contributed by atoms with Gasteiger partial charge in [0.25, 0.3) is 0 Å². The van der Waals surface area contributed by atoms with Crippen LogP contribution in [-0.4, -0.2) is 12.0 Å². The molecule has 0 aliphatic rings. The first kappa shape index (κ1) is 14.3. The maximum atomic E-state index is 5.41. The number of hydrogen-bond donors (Lipinski definition) is 2. The van der Waals surface area contributed by atoms with E-state index in [1.807, 2.05) is 0 Å². The fraction of sp³-hybridized carbons (Fsp3) is 0.917. The minimum Gasteiger partial charge on any atom is -0.370 e. The Morgan fingerprint density at radius 2 is 1.53 bits per heavy atom. The van der Waals surface area contributed by atoms with E-state index >= 15 is 0 Å². The standard InChI is InChI=1S/C12H27N3/c1-9(2)7-5-6-8-11(10(3)4)15-12(13)14/h9-11H,5-8H2,1-4H3,(H4,13,14,15). The van der Waals surface area contributed by atoms with E-state index in [2.05, 4.69) is 32.7 Å². The maximum Gasteiger partial charge on any atom is 0.186 e. The van der Waals surface area contributed by atoms with Crippen molar-refractivity contribution in [3.05, 3.63) is 0 Å². The van der Waals surface area contributed by atoms with E-state index in [0.717, 1.165) is 12.3 Å². The summed E-state index contributed by atoms with van der Waals surface area (Å²) in [5.41, 5.74) is 10.8. The summed E-state index contributed by atoms with van der Waals surface area (Å²) in [7, 11) is 0. The van der Waals surface area contributed by atoms with Crippen LogP contribution in [0.25, 0.3) is 0 Å². The van der Waals surface area contributed by atoms with E-state index in [1.54, 1.807) is 0 Å². The van der Waals surface area contributed by atoms with Crippen LogP contribution >= 0.6 is 0 Å². The predicted molar refractivity (Wildman–Crippen MR) is 67.7 cm³/mol. The molecule has 4 N–H and O–H groups in total. The molecule has 0 aliphatic carbocycles. The molecule has 1 atom stereocenters. The number of unbranched alkanes of at least 4 members (excludes halogenated alkanes) is 1. The lowest BCUT2D eigenvalue weighted by atomic mass is 9.97. The molecular weight excluding hydrogens is 186 g/mol. The molecule has 15 heavy (non-hydrogen) atoms. The van der Waals surface area contributed by atoms with Gasteiger partial charge < -0.3 is 11.5 Å². The molecule has 0 aliphatic heterocycles. The molecule has 0 amide bonds. The van der Waals surface area contributed by atoms with E-state index in [1.165, 1.54) is 19.3 Å². The zero-order valence-corrected chi connectivity index (χ0v) is 10.7. The highest BCUT2D eigenvalue weighted by molar-refractivity contribution is 5.75. The first-order chi connectivity index (χ1) is 6.93. The Labute approximate surface area is 94.3 Å². The molecule has 0 aromatic rings. The number of guanidine groups is 1. The van der Waals surface area contributed by atoms with E-state index < -0.39 is 0 Å². The van der Waals surface area contributed by atoms with Crippen LogP contribution in [0.3, 0.4) is 0 Å². The fourth-order valence-electron chi connectivity index (χ4n) is 1.64. The Morgan fingerprint density at radius 3 is 1.93 bits per heavy atom. The SMILES string of the molecule is CC(C)CCCCC(N=C(N)N)C(C)C. The summed E-state index contributed by atoms with van der Waals surface area (Å²) in [4.78, 5) is 4.27. The van der Waals surface area contributed by atoms with Gasteiger partial charge in [-0.1, -0.05) is 47.0 Å². The van der Waals surface area contributed by atoms with Crippen molar-refractivity contribution < 1.29 is 0 Å². The topological polar surface area (TPSA) is 64.4 Å². The van der Waals surface area contributed by atoms with Gasteiger partial charge in [-0.2, -0.15) is 0 Å². The molecule has 90 valence electrons. The predicted octanol–water partition coefficient (Wildman–Crippen LogP) is 2.50. The number of hydrogen-bond acceptors (Lipinski definition) is 1. The van der Waals surface area contributed by atoms with Gasteiger partial charge in [0.15, 0.2) is 5.96 Å². The van der Waals surface area contributed by atoms with Crippen LogP contribution in [0, 0.1) is 11.8 Å². The molecule has 0 bridgehead atoms. The van der Waals surface area contributed by atoms with Gasteiger partial charge in [0.2, 0.25) is 0 Å². The molecule has 0 heterocycles. The van der Waals surface area contributed by atoms with Crippen molar-refractivity contribution in [3.8, 4) is 0 Å². The summed E-state index contributed by atoms with van der Waals surface area (Å²) < 4.78 is 0. The molecule has 0 rings (SSSR count). The Hall–Kier alpha value is -0.730. The molecule has 3 heteroatoms. The zero-order valence-electron chi connectivity index (χ0n) is 10.7. The summed E-state index contributed by atoms with van der Waals surface area (Å²) in [6.07, 6.45) is 4.90. The summed E-state index contributed by atoms with van der Waals surface area (Å²) in [6, 6.07) is 0.294. The van der Waals surface area contributed by atoms with Crippen molar-refractivity contribution in [1.82, 2.24) is 0 Å². The minimum atomic E-state index is 0.220. The summed E-state index contributed by atoms with van der Waals surface area (Å²) >= 11 is 0. The van der Waals surface area contributed by atoms with Gasteiger partial charge in [-0.25, -0.2) is 0 Å². The molecule has 0 saturated carbocycles. The lowest BCUT2D eigenvalue weighted by molar-refractivity contribution is 0.431. The van der Waals surface area contributed by atoms with Crippen LogP contribution in [-0.2, 0) is 0 Å². The molecule has 0 aromatic carbocycles. The third kappa shape index (κ3) is 8.28. The number of rotatable bonds is 7. The quantitative estimate of drug-likeness (QED) is 0.388. The van der Waals surface area contributed by atoms with Crippen molar-refractivity contribution in [2.24, 2.45) is 28.3 Å². The van der Waals surface area contributed by atoms with Crippen molar-refractivity contribution >= 4 is 5.96 Å². The van der Waals surface area contributed by atoms with Gasteiger partial charge in [-0.05, 0) is 18.3 Å². The van der Waals surface area contributed by atoms with Gasteiger partial charge in [0, 0.05) is 0 Å². The second-order valence-corrected chi connectivity index (χ2v) is 5.04. The Morgan fingerprint density at radius 1 is 1.00 bits per heavy atom. The van der Waals surface area contributed by atoms with Crippen LogP contribution in [0.4, 0.5) is 0 Å². The van der Waals surface area contributed by atoms with Gasteiger partial charge in [-0.3, -0.25) is 4.99 Å². The van der Waals surface area contributed by atoms with Crippen LogP contribution in [0.2, 0.25) is 0 Å². The van der Waals surface area contributed by atoms with Crippen molar-refractivity contribution in [2.45, 2.75) is 59.4 Å². The molecule has 0 aromatic heterocycles. The average Bonchev–Trinajstić information content (AvgIpc) is 2.08. The normalized spacial score (nSPS) is 13.2. The summed E-state index contributed by atoms with van der Waals surface area (Å²) in [5.74, 6) is 1.54. The highest BCUT2D eigenvalue weighted by Gasteiger charge is 2.11. The van der Waals surface area contributed by atoms with Gasteiger partial charge in [0.1, 0.15) is 0 Å². The fourth-order valence-corrected chi connectivity index (χ4v) is 1.64. The second-order valence-electron chi connectivity index (χ2n) is 5.04. The van der Waals surface area contributed by atoms with Crippen LogP contribution in [0.15, 0.2) is 4.99 Å². The van der Waals surface area contributed by atoms with Gasteiger partial charge in [-0.15, -0.1) is 0 Å². The molecule has 0 spiro atoms. The average molecular weight is 213 g/mol. The third-order valence-electron chi connectivity index (χ3n) is 2.62. The monoisotopic (exact) mass is 213 g/mol. The second kappa shape index (κ2) is 7.55. The number of nitrogens with zero attached hydrogens (tertiary/aromatic N) is 1. The van der Waals surface area contributed by atoms with Crippen molar-refractivity contribution in [2.75, 3.05) is 0 Å². The summed E-state index contributed by atoms with van der Waals surface area (Å²) in [6.45, 7) is 8.85. The Kier molecular flexibility index (Phi) is 7.18. The minimum absolute atomic E-state index is 0.220. The molecule has 3 nitrogen and oxygen atoms in total. The third-order valence-corrected chi connectivity index (χ3v) is 2.62. The van der Waals surface area contributed by atoms with Crippen LogP contribution in [0.1, 0.15) is 53.4 Å². The molecular formula is C12H27N3. The smallest absolute Gasteiger partial charge is 0.186 e. The largest absolute Gasteiger partial charge is 0.370 e. The highest BCUT2D eigenvalue weighted by Crippen LogP contribution is 2.16. The first-order valence-corrected chi connectivity index (χ1v) is 6.02. The Bertz CT molecular complexity index is 181. The summed E-state index contributed by atoms with van der Waals surface area (Å²) in [5, 5.41) is 0. The van der Waals surface area contributed by atoms with E-state index in [9.17, 15) is 0 Å². The molecule has 1 unspecified atom stereocenters. The van der Waals surface area contributed by atoms with Crippen LogP contribution in [0.5, 0.6) is 0 Å². The van der Waals surface area contributed by atoms with E-state index in [0.29, 0.717) is 12.0 Å². The van der Waals surface area contributed by atoms with E-state index in [-0.39, 0.29) is 5.96 Å². The number of nitrogens with two attached hydrogens (primary N) is 2. The van der Waals surface area contributed by atoms with Crippen molar-refractivity contribution in [3.63, 3.8) is 0 Å². The zero-order chi connectivity index (χ0) is 11.8. The van der Waals surface area contributed by atoms with E-state index in [4.69, 9.17) is 11.5 Å². The lowest BCUT2D eigenvalue weighted by Gasteiger charge is -2.16. The lowest BCUT2D eigenvalue weighted by Crippen LogP contribution is -2.27. The molecule has 0 fully saturated rings. The van der Waals surface area contributed by atoms with Crippen LogP contribution < -0.4 is 11.5 Å².